The highest BCUT2D eigenvalue weighted by atomic mass is 35.5. The van der Waals surface area contributed by atoms with E-state index in [0.717, 1.165) is 18.9 Å². The standard InChI is InChI=1S/C23H19ClF3N5O4/c1-12-8-14(30-22(34)31-15-4-6-16(24)18(9-15)36-23(25,26)27)5-7-17(12)35-20-10-19(28-11-29-20)32-21(33)13-2-3-13/h4-11,13H,2-3H2,1H3,(H2,30,31,34)(H,28,29,32,33). The maximum atomic E-state index is 12.5. The average Bonchev–Trinajstić information content (AvgIpc) is 3.63. The number of carbonyl (C=O) groups is 2. The second-order valence-electron chi connectivity index (χ2n) is 7.86. The van der Waals surface area contributed by atoms with Gasteiger partial charge in [-0.25, -0.2) is 14.8 Å². The van der Waals surface area contributed by atoms with Gasteiger partial charge in [-0.15, -0.1) is 13.2 Å². The van der Waals surface area contributed by atoms with Gasteiger partial charge in [-0.05, 0) is 55.7 Å². The van der Waals surface area contributed by atoms with Crippen molar-refractivity contribution >= 4 is 40.7 Å². The van der Waals surface area contributed by atoms with E-state index in [1.807, 2.05) is 0 Å². The lowest BCUT2D eigenvalue weighted by Gasteiger charge is -2.13. The van der Waals surface area contributed by atoms with Gasteiger partial charge in [-0.3, -0.25) is 4.79 Å². The summed E-state index contributed by atoms with van der Waals surface area (Å²) in [6, 6.07) is 9.07. The van der Waals surface area contributed by atoms with Crippen LogP contribution in [0, 0.1) is 12.8 Å². The van der Waals surface area contributed by atoms with Gasteiger partial charge in [0.25, 0.3) is 0 Å². The number of hydrogen-bond donors (Lipinski definition) is 3. The van der Waals surface area contributed by atoms with Crippen LogP contribution in [0.25, 0.3) is 0 Å². The number of ether oxygens (including phenoxy) is 2. The number of anilines is 3. The third-order valence-corrected chi connectivity index (χ3v) is 5.22. The number of nitrogens with zero attached hydrogens (tertiary/aromatic N) is 2. The van der Waals surface area contributed by atoms with Gasteiger partial charge in [0.2, 0.25) is 11.8 Å². The summed E-state index contributed by atoms with van der Waals surface area (Å²) in [4.78, 5) is 32.3. The van der Waals surface area contributed by atoms with E-state index in [0.29, 0.717) is 22.8 Å². The Labute approximate surface area is 208 Å². The van der Waals surface area contributed by atoms with Gasteiger partial charge < -0.3 is 25.4 Å². The molecule has 0 unspecified atom stereocenters. The number of urea groups is 1. The number of carbonyl (C=O) groups excluding carboxylic acids is 2. The third kappa shape index (κ3) is 6.98. The minimum Gasteiger partial charge on any atom is -0.439 e. The van der Waals surface area contributed by atoms with Crippen LogP contribution in [0.4, 0.5) is 35.2 Å². The molecule has 1 heterocycles. The largest absolute Gasteiger partial charge is 0.573 e. The zero-order valence-electron chi connectivity index (χ0n) is 18.6. The molecular formula is C23H19ClF3N5O4. The Morgan fingerprint density at radius 2 is 1.67 bits per heavy atom. The molecule has 1 saturated carbocycles. The van der Waals surface area contributed by atoms with E-state index in [1.54, 1.807) is 25.1 Å². The SMILES string of the molecule is Cc1cc(NC(=O)Nc2ccc(Cl)c(OC(F)(F)F)c2)ccc1Oc1cc(NC(=O)C2CC2)ncn1. The molecule has 9 nitrogen and oxygen atoms in total. The van der Waals surface area contributed by atoms with Crippen molar-refractivity contribution in [3.05, 3.63) is 59.4 Å². The Balaban J connectivity index is 1.37. The van der Waals surface area contributed by atoms with Crippen LogP contribution < -0.4 is 25.4 Å². The van der Waals surface area contributed by atoms with E-state index >= 15 is 0 Å². The summed E-state index contributed by atoms with van der Waals surface area (Å²) in [7, 11) is 0. The van der Waals surface area contributed by atoms with E-state index in [4.69, 9.17) is 16.3 Å². The van der Waals surface area contributed by atoms with Crippen LogP contribution >= 0.6 is 11.6 Å². The predicted octanol–water partition coefficient (Wildman–Crippen LogP) is 6.12. The highest BCUT2D eigenvalue weighted by Crippen LogP contribution is 2.33. The summed E-state index contributed by atoms with van der Waals surface area (Å²) in [5.41, 5.74) is 1.10. The molecule has 3 amide bonds. The van der Waals surface area contributed by atoms with Crippen LogP contribution in [0.1, 0.15) is 18.4 Å². The first-order valence-corrected chi connectivity index (χ1v) is 11.0. The number of benzene rings is 2. The van der Waals surface area contributed by atoms with Crippen LogP contribution in [0.15, 0.2) is 48.8 Å². The lowest BCUT2D eigenvalue weighted by Crippen LogP contribution is -2.20. The highest BCUT2D eigenvalue weighted by Gasteiger charge is 2.32. The fourth-order valence-electron chi connectivity index (χ4n) is 3.07. The summed E-state index contributed by atoms with van der Waals surface area (Å²) in [5, 5.41) is 7.45. The number of rotatable bonds is 7. The molecule has 1 aliphatic rings. The van der Waals surface area contributed by atoms with E-state index < -0.39 is 18.1 Å². The van der Waals surface area contributed by atoms with Crippen molar-refractivity contribution in [3.63, 3.8) is 0 Å². The fraction of sp³-hybridized carbons (Fsp3) is 0.217. The van der Waals surface area contributed by atoms with Crippen LogP contribution in [-0.2, 0) is 4.79 Å². The van der Waals surface area contributed by atoms with Crippen molar-refractivity contribution in [1.82, 2.24) is 9.97 Å². The molecule has 1 aliphatic carbocycles. The molecule has 36 heavy (non-hydrogen) atoms. The Bertz CT molecular complexity index is 1300. The molecular weight excluding hydrogens is 503 g/mol. The van der Waals surface area contributed by atoms with E-state index in [1.165, 1.54) is 24.5 Å². The quantitative estimate of drug-likeness (QED) is 0.345. The van der Waals surface area contributed by atoms with E-state index in [-0.39, 0.29) is 28.4 Å². The molecule has 0 aliphatic heterocycles. The van der Waals surface area contributed by atoms with Gasteiger partial charge in [0, 0.05) is 29.4 Å². The second-order valence-corrected chi connectivity index (χ2v) is 8.27. The van der Waals surface area contributed by atoms with Crippen molar-refractivity contribution in [2.75, 3.05) is 16.0 Å². The van der Waals surface area contributed by atoms with Crippen molar-refractivity contribution < 1.29 is 32.2 Å². The minimum atomic E-state index is -4.93. The first kappa shape index (κ1) is 25.0. The van der Waals surface area contributed by atoms with Crippen molar-refractivity contribution in [2.24, 2.45) is 5.92 Å². The first-order valence-electron chi connectivity index (χ1n) is 10.6. The second kappa shape index (κ2) is 10.3. The molecule has 0 bridgehead atoms. The van der Waals surface area contributed by atoms with Crippen molar-refractivity contribution in [3.8, 4) is 17.4 Å². The predicted molar refractivity (Wildman–Crippen MR) is 125 cm³/mol. The van der Waals surface area contributed by atoms with Crippen molar-refractivity contribution in [2.45, 2.75) is 26.1 Å². The number of nitrogens with one attached hydrogen (secondary N) is 3. The monoisotopic (exact) mass is 521 g/mol. The highest BCUT2D eigenvalue weighted by molar-refractivity contribution is 6.32. The zero-order valence-corrected chi connectivity index (χ0v) is 19.4. The normalized spacial score (nSPS) is 13.0. The van der Waals surface area contributed by atoms with Gasteiger partial charge in [0.05, 0.1) is 5.02 Å². The third-order valence-electron chi connectivity index (χ3n) is 4.90. The fourth-order valence-corrected chi connectivity index (χ4v) is 3.23. The number of hydrogen-bond acceptors (Lipinski definition) is 6. The minimum absolute atomic E-state index is 0.0267. The molecule has 0 atom stereocenters. The van der Waals surface area contributed by atoms with E-state index in [9.17, 15) is 22.8 Å². The molecule has 2 aromatic carbocycles. The van der Waals surface area contributed by atoms with Gasteiger partial charge in [0.1, 0.15) is 23.6 Å². The van der Waals surface area contributed by atoms with E-state index in [2.05, 4.69) is 30.7 Å². The Hall–Kier alpha value is -4.06. The molecule has 4 rings (SSSR count). The maximum Gasteiger partial charge on any atom is 0.573 e. The molecule has 13 heteroatoms. The molecule has 1 fully saturated rings. The summed E-state index contributed by atoms with van der Waals surface area (Å²) in [5.74, 6) is 0.295. The molecule has 0 saturated heterocycles. The number of aryl methyl sites for hydroxylation is 1. The summed E-state index contributed by atoms with van der Waals surface area (Å²) >= 11 is 5.71. The van der Waals surface area contributed by atoms with Crippen LogP contribution in [-0.4, -0.2) is 28.3 Å². The lowest BCUT2D eigenvalue weighted by molar-refractivity contribution is -0.274. The number of alkyl halides is 3. The molecule has 1 aromatic heterocycles. The number of amides is 3. The van der Waals surface area contributed by atoms with Crippen LogP contribution in [0.2, 0.25) is 5.02 Å². The summed E-state index contributed by atoms with van der Waals surface area (Å²) in [6.45, 7) is 1.75. The Morgan fingerprint density at radius 3 is 2.33 bits per heavy atom. The molecule has 3 aromatic rings. The maximum absolute atomic E-state index is 12.5. The van der Waals surface area contributed by atoms with Gasteiger partial charge in [-0.1, -0.05) is 11.6 Å². The Morgan fingerprint density at radius 1 is 0.972 bits per heavy atom. The van der Waals surface area contributed by atoms with Crippen molar-refractivity contribution in [1.29, 1.82) is 0 Å². The van der Waals surface area contributed by atoms with Crippen LogP contribution in [0.5, 0.6) is 17.4 Å². The number of halogens is 4. The molecule has 0 spiro atoms. The topological polar surface area (TPSA) is 114 Å². The molecule has 3 N–H and O–H groups in total. The van der Waals surface area contributed by atoms with Gasteiger partial charge in [-0.2, -0.15) is 0 Å². The lowest BCUT2D eigenvalue weighted by atomic mass is 10.2. The molecule has 0 radical (unpaired) electrons. The van der Waals surface area contributed by atoms with Crippen LogP contribution in [0.3, 0.4) is 0 Å². The molecule has 188 valence electrons. The smallest absolute Gasteiger partial charge is 0.439 e. The van der Waals surface area contributed by atoms with Gasteiger partial charge >= 0.3 is 12.4 Å². The Kier molecular flexibility index (Phi) is 7.15. The van der Waals surface area contributed by atoms with Gasteiger partial charge in [0.15, 0.2) is 0 Å². The number of aromatic nitrogens is 2. The summed E-state index contributed by atoms with van der Waals surface area (Å²) < 4.78 is 47.1. The zero-order chi connectivity index (χ0) is 25.9. The summed E-state index contributed by atoms with van der Waals surface area (Å²) in [6.07, 6.45) is -1.92. The average molecular weight is 522 g/mol. The first-order chi connectivity index (χ1) is 17.1.